The van der Waals surface area contributed by atoms with Crippen LogP contribution >= 0.6 is 0 Å². The first-order chi connectivity index (χ1) is 8.09. The van der Waals surface area contributed by atoms with Gasteiger partial charge in [0.05, 0.1) is 5.25 Å². The van der Waals surface area contributed by atoms with Gasteiger partial charge in [-0.05, 0) is 38.3 Å². The Balaban J connectivity index is 1.95. The standard InChI is InChI=1S/C11H22N2O3S/c1-9-8-12-5-2-11(9)13-17(14,15)10-3-6-16-7-4-10/h9-13H,2-8H2,1H3. The summed E-state index contributed by atoms with van der Waals surface area (Å²) in [5.74, 6) is 0.360. The van der Waals surface area contributed by atoms with E-state index in [0.29, 0.717) is 32.0 Å². The van der Waals surface area contributed by atoms with E-state index in [9.17, 15) is 8.42 Å². The molecule has 0 bridgehead atoms. The Morgan fingerprint density at radius 2 is 1.94 bits per heavy atom. The number of sulfonamides is 1. The number of ether oxygens (including phenoxy) is 1. The molecule has 2 fully saturated rings. The molecule has 0 aromatic rings. The molecular weight excluding hydrogens is 240 g/mol. The highest BCUT2D eigenvalue weighted by Gasteiger charge is 2.32. The second kappa shape index (κ2) is 5.65. The number of hydrogen-bond donors (Lipinski definition) is 2. The summed E-state index contributed by atoms with van der Waals surface area (Å²) >= 11 is 0. The second-order valence-corrected chi connectivity index (χ2v) is 7.04. The third kappa shape index (κ3) is 3.40. The average molecular weight is 262 g/mol. The Morgan fingerprint density at radius 1 is 1.24 bits per heavy atom. The topological polar surface area (TPSA) is 67.4 Å². The lowest BCUT2D eigenvalue weighted by Crippen LogP contribution is -2.51. The first-order valence-corrected chi connectivity index (χ1v) is 7.94. The lowest BCUT2D eigenvalue weighted by atomic mass is 9.97. The highest BCUT2D eigenvalue weighted by Crippen LogP contribution is 2.18. The van der Waals surface area contributed by atoms with Gasteiger partial charge in [0.15, 0.2) is 0 Å². The highest BCUT2D eigenvalue weighted by atomic mass is 32.2. The van der Waals surface area contributed by atoms with Crippen molar-refractivity contribution in [2.45, 2.75) is 37.5 Å². The van der Waals surface area contributed by atoms with Gasteiger partial charge in [0, 0.05) is 19.3 Å². The average Bonchev–Trinajstić information content (AvgIpc) is 2.33. The monoisotopic (exact) mass is 262 g/mol. The summed E-state index contributed by atoms with van der Waals surface area (Å²) in [6.07, 6.45) is 2.12. The quantitative estimate of drug-likeness (QED) is 0.756. The molecule has 2 atom stereocenters. The summed E-state index contributed by atoms with van der Waals surface area (Å²) in [6.45, 7) is 5.00. The van der Waals surface area contributed by atoms with Crippen molar-refractivity contribution in [2.75, 3.05) is 26.3 Å². The molecule has 0 aromatic heterocycles. The normalized spacial score (nSPS) is 32.5. The third-order valence-corrected chi connectivity index (χ3v) is 5.69. The van der Waals surface area contributed by atoms with Crippen LogP contribution in [0.1, 0.15) is 26.2 Å². The summed E-state index contributed by atoms with van der Waals surface area (Å²) in [4.78, 5) is 0. The Labute approximate surface area is 103 Å². The molecule has 2 aliphatic rings. The predicted molar refractivity (Wildman–Crippen MR) is 66.3 cm³/mol. The number of rotatable bonds is 3. The van der Waals surface area contributed by atoms with Crippen LogP contribution in [0.3, 0.4) is 0 Å². The summed E-state index contributed by atoms with van der Waals surface area (Å²) in [7, 11) is -3.17. The summed E-state index contributed by atoms with van der Waals surface area (Å²) in [5, 5.41) is 3.01. The van der Waals surface area contributed by atoms with E-state index in [4.69, 9.17) is 4.74 Å². The summed E-state index contributed by atoms with van der Waals surface area (Å²) in [5.41, 5.74) is 0. The molecule has 2 rings (SSSR count). The molecule has 2 aliphatic heterocycles. The molecule has 0 radical (unpaired) electrons. The van der Waals surface area contributed by atoms with Crippen LogP contribution in [0.4, 0.5) is 0 Å². The van der Waals surface area contributed by atoms with Gasteiger partial charge in [-0.3, -0.25) is 0 Å². The van der Waals surface area contributed by atoms with E-state index >= 15 is 0 Å². The molecule has 2 unspecified atom stereocenters. The van der Waals surface area contributed by atoms with Crippen molar-refractivity contribution in [3.63, 3.8) is 0 Å². The number of hydrogen-bond acceptors (Lipinski definition) is 4. The van der Waals surface area contributed by atoms with Gasteiger partial charge in [0.2, 0.25) is 10.0 Å². The van der Waals surface area contributed by atoms with Crippen molar-refractivity contribution in [3.8, 4) is 0 Å². The fourth-order valence-electron chi connectivity index (χ4n) is 2.48. The maximum Gasteiger partial charge on any atom is 0.214 e. The molecule has 100 valence electrons. The van der Waals surface area contributed by atoms with Gasteiger partial charge in [0.25, 0.3) is 0 Å². The molecular formula is C11H22N2O3S. The first kappa shape index (κ1) is 13.3. The van der Waals surface area contributed by atoms with E-state index in [1.54, 1.807) is 0 Å². The van der Waals surface area contributed by atoms with E-state index in [1.165, 1.54) is 0 Å². The molecule has 17 heavy (non-hydrogen) atoms. The first-order valence-electron chi connectivity index (χ1n) is 6.39. The molecule has 0 spiro atoms. The van der Waals surface area contributed by atoms with Crippen LogP contribution in [0.5, 0.6) is 0 Å². The number of nitrogens with one attached hydrogen (secondary N) is 2. The molecule has 0 aliphatic carbocycles. The van der Waals surface area contributed by atoms with Gasteiger partial charge in [-0.15, -0.1) is 0 Å². The molecule has 0 aromatic carbocycles. The number of piperidine rings is 1. The van der Waals surface area contributed by atoms with Crippen molar-refractivity contribution >= 4 is 10.0 Å². The fourth-order valence-corrected chi connectivity index (χ4v) is 4.26. The SMILES string of the molecule is CC1CNCCC1NS(=O)(=O)C1CCOCC1. The van der Waals surface area contributed by atoms with Crippen molar-refractivity contribution < 1.29 is 13.2 Å². The Hall–Kier alpha value is -0.170. The van der Waals surface area contributed by atoms with Crippen molar-refractivity contribution in [1.29, 1.82) is 0 Å². The van der Waals surface area contributed by atoms with Crippen molar-refractivity contribution in [2.24, 2.45) is 5.92 Å². The van der Waals surface area contributed by atoms with Gasteiger partial charge in [-0.2, -0.15) is 0 Å². The lowest BCUT2D eigenvalue weighted by molar-refractivity contribution is 0.0979. The summed E-state index contributed by atoms with van der Waals surface area (Å²) < 4.78 is 32.5. The Bertz CT molecular complexity index is 339. The minimum atomic E-state index is -3.17. The summed E-state index contributed by atoms with van der Waals surface area (Å²) in [6, 6.07) is 0.0871. The minimum Gasteiger partial charge on any atom is -0.381 e. The van der Waals surface area contributed by atoms with Gasteiger partial charge < -0.3 is 10.1 Å². The highest BCUT2D eigenvalue weighted by molar-refractivity contribution is 7.90. The lowest BCUT2D eigenvalue weighted by Gasteiger charge is -2.32. The van der Waals surface area contributed by atoms with Crippen LogP contribution < -0.4 is 10.0 Å². The van der Waals surface area contributed by atoms with Gasteiger partial charge in [-0.25, -0.2) is 13.1 Å². The molecule has 2 N–H and O–H groups in total. The molecule has 2 heterocycles. The second-order valence-electron chi connectivity index (χ2n) is 5.05. The molecule has 0 amide bonds. The smallest absolute Gasteiger partial charge is 0.214 e. The van der Waals surface area contributed by atoms with E-state index in [0.717, 1.165) is 19.5 Å². The van der Waals surface area contributed by atoms with Crippen molar-refractivity contribution in [1.82, 2.24) is 10.0 Å². The van der Waals surface area contributed by atoms with Crippen LogP contribution in [0.2, 0.25) is 0 Å². The van der Waals surface area contributed by atoms with Gasteiger partial charge >= 0.3 is 0 Å². The van der Waals surface area contributed by atoms with Crippen LogP contribution in [0.15, 0.2) is 0 Å². The zero-order chi connectivity index (χ0) is 12.3. The maximum atomic E-state index is 12.2. The van der Waals surface area contributed by atoms with Gasteiger partial charge in [-0.1, -0.05) is 6.92 Å². The van der Waals surface area contributed by atoms with E-state index in [2.05, 4.69) is 17.0 Å². The third-order valence-electron chi connectivity index (χ3n) is 3.71. The molecule has 5 nitrogen and oxygen atoms in total. The largest absolute Gasteiger partial charge is 0.381 e. The van der Waals surface area contributed by atoms with Crippen LogP contribution in [-0.4, -0.2) is 46.0 Å². The molecule has 6 heteroatoms. The van der Waals surface area contributed by atoms with E-state index in [-0.39, 0.29) is 11.3 Å². The minimum absolute atomic E-state index is 0.0871. The van der Waals surface area contributed by atoms with Crippen LogP contribution in [0.25, 0.3) is 0 Å². The Morgan fingerprint density at radius 3 is 2.59 bits per heavy atom. The van der Waals surface area contributed by atoms with E-state index < -0.39 is 10.0 Å². The zero-order valence-electron chi connectivity index (χ0n) is 10.3. The molecule has 2 saturated heterocycles. The Kier molecular flexibility index (Phi) is 4.41. The zero-order valence-corrected chi connectivity index (χ0v) is 11.1. The van der Waals surface area contributed by atoms with Crippen LogP contribution in [-0.2, 0) is 14.8 Å². The van der Waals surface area contributed by atoms with Crippen LogP contribution in [0, 0.1) is 5.92 Å². The van der Waals surface area contributed by atoms with Gasteiger partial charge in [0.1, 0.15) is 0 Å². The maximum absolute atomic E-state index is 12.2. The fraction of sp³-hybridized carbons (Fsp3) is 1.00. The predicted octanol–water partition coefficient (Wildman–Crippen LogP) is 0.0828. The molecule has 0 saturated carbocycles. The van der Waals surface area contributed by atoms with Crippen molar-refractivity contribution in [3.05, 3.63) is 0 Å². The van der Waals surface area contributed by atoms with E-state index in [1.807, 2.05) is 0 Å².